The molecule has 0 saturated carbocycles. The summed E-state index contributed by atoms with van der Waals surface area (Å²) in [6.07, 6.45) is 7.64. The molecule has 1 aromatic heterocycles. The average molecular weight is 250 g/mol. The van der Waals surface area contributed by atoms with E-state index in [0.717, 1.165) is 19.7 Å². The van der Waals surface area contributed by atoms with Crippen LogP contribution in [-0.2, 0) is 17.8 Å². The van der Waals surface area contributed by atoms with Crippen molar-refractivity contribution in [2.24, 2.45) is 0 Å². The van der Waals surface area contributed by atoms with E-state index in [-0.39, 0.29) is 0 Å². The predicted octanol–water partition coefficient (Wildman–Crippen LogP) is 2.95. The van der Waals surface area contributed by atoms with Gasteiger partial charge in [-0.25, -0.2) is 0 Å². The molecule has 0 aromatic carbocycles. The van der Waals surface area contributed by atoms with E-state index in [0.29, 0.717) is 12.1 Å². The second kappa shape index (κ2) is 6.95. The zero-order valence-electron chi connectivity index (χ0n) is 11.7. The van der Waals surface area contributed by atoms with E-state index in [4.69, 9.17) is 4.74 Å². The number of nitrogens with one attached hydrogen (secondary N) is 1. The molecule has 1 aromatic rings. The van der Waals surface area contributed by atoms with Crippen molar-refractivity contribution >= 4 is 0 Å². The fourth-order valence-corrected chi connectivity index (χ4v) is 2.50. The summed E-state index contributed by atoms with van der Waals surface area (Å²) in [6, 6.07) is 4.89. The van der Waals surface area contributed by atoms with E-state index in [9.17, 15) is 0 Å². The van der Waals surface area contributed by atoms with Gasteiger partial charge in [0, 0.05) is 37.6 Å². The molecule has 0 bridgehead atoms. The van der Waals surface area contributed by atoms with Gasteiger partial charge in [-0.2, -0.15) is 0 Å². The third-order valence-corrected chi connectivity index (χ3v) is 3.56. The van der Waals surface area contributed by atoms with Crippen LogP contribution in [0.5, 0.6) is 0 Å². The minimum Gasteiger partial charge on any atom is -0.378 e. The average Bonchev–Trinajstić information content (AvgIpc) is 2.97. The summed E-state index contributed by atoms with van der Waals surface area (Å²) in [7, 11) is 0. The quantitative estimate of drug-likeness (QED) is 0.805. The predicted molar refractivity (Wildman–Crippen MR) is 74.6 cm³/mol. The van der Waals surface area contributed by atoms with Gasteiger partial charge >= 0.3 is 0 Å². The molecule has 18 heavy (non-hydrogen) atoms. The topological polar surface area (TPSA) is 26.2 Å². The third kappa shape index (κ3) is 4.14. The van der Waals surface area contributed by atoms with Gasteiger partial charge in [-0.1, -0.05) is 13.8 Å². The minimum atomic E-state index is 0.526. The van der Waals surface area contributed by atoms with Crippen LogP contribution < -0.4 is 5.32 Å². The third-order valence-electron chi connectivity index (χ3n) is 3.56. The Balaban J connectivity index is 1.72. The molecule has 0 radical (unpaired) electrons. The first-order valence-electron chi connectivity index (χ1n) is 7.24. The first-order valence-corrected chi connectivity index (χ1v) is 7.24. The highest BCUT2D eigenvalue weighted by atomic mass is 16.5. The second-order valence-corrected chi connectivity index (χ2v) is 5.51. The van der Waals surface area contributed by atoms with Crippen molar-refractivity contribution in [3.05, 3.63) is 24.0 Å². The van der Waals surface area contributed by atoms with Gasteiger partial charge in [0.2, 0.25) is 0 Å². The van der Waals surface area contributed by atoms with Crippen molar-refractivity contribution in [1.29, 1.82) is 0 Å². The number of nitrogens with zero attached hydrogens (tertiary/aromatic N) is 1. The van der Waals surface area contributed by atoms with Crippen LogP contribution in [0.2, 0.25) is 0 Å². The van der Waals surface area contributed by atoms with Crippen molar-refractivity contribution in [3.63, 3.8) is 0 Å². The lowest BCUT2D eigenvalue weighted by Gasteiger charge is -2.13. The van der Waals surface area contributed by atoms with Crippen LogP contribution in [0.3, 0.4) is 0 Å². The summed E-state index contributed by atoms with van der Waals surface area (Å²) < 4.78 is 8.03. The SMILES string of the molecule is CC(C)NCc1cccn1CCCC1CCCO1. The molecule has 2 rings (SSSR count). The highest BCUT2D eigenvalue weighted by Crippen LogP contribution is 2.17. The molecule has 1 aliphatic rings. The van der Waals surface area contributed by atoms with Gasteiger partial charge in [-0.15, -0.1) is 0 Å². The molecule has 2 heterocycles. The van der Waals surface area contributed by atoms with E-state index < -0.39 is 0 Å². The van der Waals surface area contributed by atoms with Crippen LogP contribution in [0.25, 0.3) is 0 Å². The van der Waals surface area contributed by atoms with Crippen molar-refractivity contribution in [2.45, 2.75) is 64.8 Å². The van der Waals surface area contributed by atoms with Crippen LogP contribution in [0, 0.1) is 0 Å². The maximum atomic E-state index is 5.66. The van der Waals surface area contributed by atoms with Crippen molar-refractivity contribution in [3.8, 4) is 0 Å². The molecular formula is C15H26N2O. The van der Waals surface area contributed by atoms with Gasteiger partial charge < -0.3 is 14.6 Å². The molecule has 0 amide bonds. The Bertz CT molecular complexity index is 340. The molecule has 102 valence electrons. The molecule has 1 atom stereocenters. The lowest BCUT2D eigenvalue weighted by atomic mass is 10.1. The first-order chi connectivity index (χ1) is 8.75. The summed E-state index contributed by atoms with van der Waals surface area (Å²) >= 11 is 0. The fourth-order valence-electron chi connectivity index (χ4n) is 2.50. The Morgan fingerprint density at radius 2 is 2.39 bits per heavy atom. The number of rotatable bonds is 7. The lowest BCUT2D eigenvalue weighted by molar-refractivity contribution is 0.101. The molecule has 1 fully saturated rings. The maximum absolute atomic E-state index is 5.66. The minimum absolute atomic E-state index is 0.526. The lowest BCUT2D eigenvalue weighted by Crippen LogP contribution is -2.23. The van der Waals surface area contributed by atoms with Gasteiger partial charge in [0.05, 0.1) is 6.10 Å². The van der Waals surface area contributed by atoms with E-state index in [1.807, 2.05) is 0 Å². The van der Waals surface area contributed by atoms with Crippen molar-refractivity contribution in [1.82, 2.24) is 9.88 Å². The molecule has 0 aliphatic carbocycles. The van der Waals surface area contributed by atoms with E-state index >= 15 is 0 Å². The van der Waals surface area contributed by atoms with Gasteiger partial charge in [-0.3, -0.25) is 0 Å². The molecule has 0 spiro atoms. The zero-order chi connectivity index (χ0) is 12.8. The first kappa shape index (κ1) is 13.6. The molecule has 3 heteroatoms. The van der Waals surface area contributed by atoms with Gasteiger partial charge in [0.1, 0.15) is 0 Å². The largest absolute Gasteiger partial charge is 0.378 e. The highest BCUT2D eigenvalue weighted by molar-refractivity contribution is 5.07. The highest BCUT2D eigenvalue weighted by Gasteiger charge is 2.14. The summed E-state index contributed by atoms with van der Waals surface area (Å²) in [5.41, 5.74) is 1.39. The Morgan fingerprint density at radius 1 is 1.50 bits per heavy atom. The number of ether oxygens (including phenoxy) is 1. The Labute approximate surface area is 111 Å². The smallest absolute Gasteiger partial charge is 0.0576 e. The van der Waals surface area contributed by atoms with Gasteiger partial charge in [0.15, 0.2) is 0 Å². The van der Waals surface area contributed by atoms with E-state index in [1.54, 1.807) is 0 Å². The zero-order valence-corrected chi connectivity index (χ0v) is 11.7. The summed E-state index contributed by atoms with van der Waals surface area (Å²) in [5, 5.41) is 3.47. The van der Waals surface area contributed by atoms with Crippen molar-refractivity contribution < 1.29 is 4.74 Å². The van der Waals surface area contributed by atoms with Crippen LogP contribution >= 0.6 is 0 Å². The van der Waals surface area contributed by atoms with Crippen LogP contribution in [-0.4, -0.2) is 23.3 Å². The molecule has 1 N–H and O–H groups in total. The Kier molecular flexibility index (Phi) is 5.26. The monoisotopic (exact) mass is 250 g/mol. The number of hydrogen-bond acceptors (Lipinski definition) is 2. The summed E-state index contributed by atoms with van der Waals surface area (Å²) in [5.74, 6) is 0. The molecule has 3 nitrogen and oxygen atoms in total. The van der Waals surface area contributed by atoms with Crippen molar-refractivity contribution in [2.75, 3.05) is 6.61 Å². The standard InChI is InChI=1S/C15H26N2O/c1-13(2)16-12-14-6-3-9-17(14)10-4-7-15-8-5-11-18-15/h3,6,9,13,15-16H,4-5,7-8,10-12H2,1-2H3. The number of aromatic nitrogens is 1. The normalized spacial score (nSPS) is 19.8. The van der Waals surface area contributed by atoms with E-state index in [2.05, 4.69) is 42.1 Å². The van der Waals surface area contributed by atoms with Crippen LogP contribution in [0.15, 0.2) is 18.3 Å². The molecular weight excluding hydrogens is 224 g/mol. The fraction of sp³-hybridized carbons (Fsp3) is 0.733. The van der Waals surface area contributed by atoms with Gasteiger partial charge in [0.25, 0.3) is 0 Å². The molecule has 1 saturated heterocycles. The van der Waals surface area contributed by atoms with Crippen LogP contribution in [0.1, 0.15) is 45.2 Å². The Morgan fingerprint density at radius 3 is 3.11 bits per heavy atom. The second-order valence-electron chi connectivity index (χ2n) is 5.51. The van der Waals surface area contributed by atoms with Crippen LogP contribution in [0.4, 0.5) is 0 Å². The molecule has 1 unspecified atom stereocenters. The maximum Gasteiger partial charge on any atom is 0.0576 e. The number of aryl methyl sites for hydroxylation is 1. The molecule has 1 aliphatic heterocycles. The number of hydrogen-bond donors (Lipinski definition) is 1. The summed E-state index contributed by atoms with van der Waals surface area (Å²) in [4.78, 5) is 0. The van der Waals surface area contributed by atoms with Gasteiger partial charge in [-0.05, 0) is 37.8 Å². The Hall–Kier alpha value is -0.800. The van der Waals surface area contributed by atoms with E-state index in [1.165, 1.54) is 31.4 Å². The summed E-state index contributed by atoms with van der Waals surface area (Å²) in [6.45, 7) is 7.42.